The maximum atomic E-state index is 12.4. The third-order valence-corrected chi connectivity index (χ3v) is 4.62. The molecule has 0 aliphatic heterocycles. The van der Waals surface area contributed by atoms with Crippen LogP contribution in [0.5, 0.6) is 17.2 Å². The minimum absolute atomic E-state index is 0. The Morgan fingerprint density at radius 2 is 1.81 bits per heavy atom. The number of rotatable bonds is 10. The molecule has 7 nitrogen and oxygen atoms in total. The second-order valence-electron chi connectivity index (χ2n) is 5.64. The summed E-state index contributed by atoms with van der Waals surface area (Å²) in [4.78, 5) is 18.3. The van der Waals surface area contributed by atoms with Crippen LogP contribution in [0.15, 0.2) is 23.6 Å². The van der Waals surface area contributed by atoms with E-state index in [0.717, 1.165) is 5.01 Å². The van der Waals surface area contributed by atoms with Gasteiger partial charge in [0.1, 0.15) is 22.9 Å². The maximum Gasteiger partial charge on any atom is 0.273 e. The monoisotopic (exact) mass is 415 g/mol. The molecule has 0 saturated heterocycles. The first-order valence-corrected chi connectivity index (χ1v) is 9.21. The average molecular weight is 416 g/mol. The number of carbonyl (C=O) groups is 1. The Balaban J connectivity index is 0.00000364. The van der Waals surface area contributed by atoms with Gasteiger partial charge in [-0.25, -0.2) is 4.98 Å². The molecule has 150 valence electrons. The van der Waals surface area contributed by atoms with Crippen molar-refractivity contribution in [3.05, 3.63) is 34.3 Å². The molecule has 0 unspecified atom stereocenters. The molecule has 0 aliphatic carbocycles. The Bertz CT molecular complexity index is 704. The number of methoxy groups -OCH3 is 2. The molecular weight excluding hydrogens is 390 g/mol. The molecule has 1 heterocycles. The number of halogens is 1. The first kappa shape index (κ1) is 23.0. The zero-order chi connectivity index (χ0) is 18.9. The van der Waals surface area contributed by atoms with E-state index >= 15 is 0 Å². The summed E-state index contributed by atoms with van der Waals surface area (Å²) in [7, 11) is 4.95. The Morgan fingerprint density at radius 3 is 2.41 bits per heavy atom. The summed E-state index contributed by atoms with van der Waals surface area (Å²) in [6.07, 6.45) is 1.39. The summed E-state index contributed by atoms with van der Waals surface area (Å²) in [6.45, 7) is 1.58. The van der Waals surface area contributed by atoms with E-state index in [-0.39, 0.29) is 18.3 Å². The zero-order valence-corrected chi connectivity index (χ0v) is 17.4. The highest BCUT2D eigenvalue weighted by atomic mass is 35.5. The van der Waals surface area contributed by atoms with E-state index in [0.29, 0.717) is 55.5 Å². The van der Waals surface area contributed by atoms with Gasteiger partial charge in [-0.1, -0.05) is 0 Å². The largest absolute Gasteiger partial charge is 0.496 e. The van der Waals surface area contributed by atoms with E-state index in [4.69, 9.17) is 19.9 Å². The highest BCUT2D eigenvalue weighted by Gasteiger charge is 2.15. The summed E-state index contributed by atoms with van der Waals surface area (Å²) < 4.78 is 16.2. The predicted molar refractivity (Wildman–Crippen MR) is 109 cm³/mol. The normalized spacial score (nSPS) is 10.1. The fourth-order valence-corrected chi connectivity index (χ4v) is 3.09. The zero-order valence-electron chi connectivity index (χ0n) is 15.8. The van der Waals surface area contributed by atoms with E-state index in [2.05, 4.69) is 4.98 Å². The Hall–Kier alpha value is -2.03. The fraction of sp³-hybridized carbons (Fsp3) is 0.444. The molecular formula is C18H26ClN3O4S. The molecule has 0 atom stereocenters. The minimum atomic E-state index is -0.0902. The van der Waals surface area contributed by atoms with Crippen LogP contribution in [0.1, 0.15) is 21.9 Å². The van der Waals surface area contributed by atoms with Gasteiger partial charge >= 0.3 is 0 Å². The summed E-state index contributed by atoms with van der Waals surface area (Å²) in [5.74, 6) is 1.92. The summed E-state index contributed by atoms with van der Waals surface area (Å²) >= 11 is 1.47. The molecule has 2 aromatic rings. The maximum absolute atomic E-state index is 12.4. The lowest BCUT2D eigenvalue weighted by Crippen LogP contribution is -2.29. The van der Waals surface area contributed by atoms with Gasteiger partial charge in [-0.3, -0.25) is 4.79 Å². The molecule has 1 amide bonds. The summed E-state index contributed by atoms with van der Waals surface area (Å²) in [5.41, 5.74) is 5.98. The van der Waals surface area contributed by atoms with Crippen molar-refractivity contribution in [2.75, 3.05) is 41.0 Å². The van der Waals surface area contributed by atoms with Crippen LogP contribution in [0.3, 0.4) is 0 Å². The highest BCUT2D eigenvalue weighted by Crippen LogP contribution is 2.27. The standard InChI is InChI=1S/C18H25N3O4S.ClH/c1-21(18(22)16-12-26-17(20-16)5-6-19)7-4-8-25-15-10-13(23-2)9-14(11-15)24-3;/h9-12H,4-8,19H2,1-3H3;1H. The first-order valence-electron chi connectivity index (χ1n) is 8.33. The van der Waals surface area contributed by atoms with E-state index in [1.165, 1.54) is 11.3 Å². The molecule has 0 radical (unpaired) electrons. The number of thiazole rings is 1. The van der Waals surface area contributed by atoms with Gasteiger partial charge in [0.05, 0.1) is 25.8 Å². The van der Waals surface area contributed by atoms with Crippen molar-refractivity contribution in [3.63, 3.8) is 0 Å². The van der Waals surface area contributed by atoms with Crippen molar-refractivity contribution in [1.82, 2.24) is 9.88 Å². The molecule has 0 spiro atoms. The lowest BCUT2D eigenvalue weighted by Gasteiger charge is -2.16. The smallest absolute Gasteiger partial charge is 0.273 e. The molecule has 9 heteroatoms. The van der Waals surface area contributed by atoms with Gasteiger partial charge in [0, 0.05) is 43.6 Å². The van der Waals surface area contributed by atoms with Crippen LogP contribution in [0.4, 0.5) is 0 Å². The summed E-state index contributed by atoms with van der Waals surface area (Å²) in [5, 5.41) is 2.67. The van der Waals surface area contributed by atoms with Gasteiger partial charge in [-0.2, -0.15) is 0 Å². The SMILES string of the molecule is COc1cc(OC)cc(OCCCN(C)C(=O)c2csc(CCN)n2)c1.Cl. The van der Waals surface area contributed by atoms with E-state index in [1.807, 2.05) is 0 Å². The number of ether oxygens (including phenoxy) is 3. The van der Waals surface area contributed by atoms with E-state index in [1.54, 1.807) is 49.7 Å². The highest BCUT2D eigenvalue weighted by molar-refractivity contribution is 7.09. The number of aromatic nitrogens is 1. The lowest BCUT2D eigenvalue weighted by molar-refractivity contribution is 0.0782. The second-order valence-corrected chi connectivity index (χ2v) is 6.58. The number of carbonyl (C=O) groups excluding carboxylic acids is 1. The molecule has 27 heavy (non-hydrogen) atoms. The molecule has 0 fully saturated rings. The second kappa shape index (κ2) is 11.6. The summed E-state index contributed by atoms with van der Waals surface area (Å²) in [6, 6.07) is 5.38. The quantitative estimate of drug-likeness (QED) is 0.600. The van der Waals surface area contributed by atoms with Crippen LogP contribution in [0, 0.1) is 0 Å². The number of amides is 1. The Labute approximate surface area is 169 Å². The number of nitrogens with two attached hydrogens (primary N) is 1. The van der Waals surface area contributed by atoms with Gasteiger partial charge in [0.25, 0.3) is 5.91 Å². The Morgan fingerprint density at radius 1 is 1.19 bits per heavy atom. The average Bonchev–Trinajstić information content (AvgIpc) is 3.13. The first-order chi connectivity index (χ1) is 12.6. The van der Waals surface area contributed by atoms with Gasteiger partial charge in [0.15, 0.2) is 0 Å². The third-order valence-electron chi connectivity index (χ3n) is 3.71. The van der Waals surface area contributed by atoms with Gasteiger partial charge in [-0.05, 0) is 13.0 Å². The minimum Gasteiger partial charge on any atom is -0.496 e. The number of benzene rings is 1. The van der Waals surface area contributed by atoms with Gasteiger partial charge in [-0.15, -0.1) is 23.7 Å². The van der Waals surface area contributed by atoms with E-state index in [9.17, 15) is 4.79 Å². The van der Waals surface area contributed by atoms with Crippen LogP contribution in [-0.4, -0.2) is 56.8 Å². The number of nitrogens with zero attached hydrogens (tertiary/aromatic N) is 2. The van der Waals surface area contributed by atoms with Crippen LogP contribution in [-0.2, 0) is 6.42 Å². The van der Waals surface area contributed by atoms with Crippen molar-refractivity contribution in [1.29, 1.82) is 0 Å². The van der Waals surface area contributed by atoms with E-state index < -0.39 is 0 Å². The Kier molecular flexibility index (Phi) is 9.92. The van der Waals surface area contributed by atoms with Crippen LogP contribution in [0.25, 0.3) is 0 Å². The van der Waals surface area contributed by atoms with Crippen molar-refractivity contribution in [2.45, 2.75) is 12.8 Å². The third kappa shape index (κ3) is 6.89. The van der Waals surface area contributed by atoms with Crippen molar-refractivity contribution in [3.8, 4) is 17.2 Å². The molecule has 2 rings (SSSR count). The topological polar surface area (TPSA) is 86.9 Å². The molecule has 0 bridgehead atoms. The number of hydrogen-bond donors (Lipinski definition) is 1. The molecule has 0 aliphatic rings. The van der Waals surface area contributed by atoms with Crippen molar-refractivity contribution in [2.24, 2.45) is 5.73 Å². The number of hydrogen-bond acceptors (Lipinski definition) is 7. The lowest BCUT2D eigenvalue weighted by atomic mass is 10.3. The fourth-order valence-electron chi connectivity index (χ4n) is 2.30. The van der Waals surface area contributed by atoms with Crippen molar-refractivity contribution >= 4 is 29.7 Å². The molecule has 2 N–H and O–H groups in total. The molecule has 1 aromatic carbocycles. The molecule has 1 aromatic heterocycles. The van der Waals surface area contributed by atoms with Crippen LogP contribution >= 0.6 is 23.7 Å². The van der Waals surface area contributed by atoms with Crippen molar-refractivity contribution < 1.29 is 19.0 Å². The van der Waals surface area contributed by atoms with Gasteiger partial charge in [0.2, 0.25) is 0 Å². The van der Waals surface area contributed by atoms with Gasteiger partial charge < -0.3 is 24.8 Å². The van der Waals surface area contributed by atoms with Crippen LogP contribution < -0.4 is 19.9 Å². The molecule has 0 saturated carbocycles. The predicted octanol–water partition coefficient (Wildman–Crippen LogP) is 2.62. The van der Waals surface area contributed by atoms with Crippen LogP contribution in [0.2, 0.25) is 0 Å².